The molecule has 2 aliphatic rings. The molecule has 2 rings (SSSR count). The first-order valence-corrected chi connectivity index (χ1v) is 6.33. The highest BCUT2D eigenvalue weighted by atomic mass is 16.5. The number of ether oxygens (including phenoxy) is 1. The largest absolute Gasteiger partial charge is 0.379 e. The van der Waals surface area contributed by atoms with Gasteiger partial charge in [-0.2, -0.15) is 0 Å². The summed E-state index contributed by atoms with van der Waals surface area (Å²) in [5, 5.41) is 2.93. The molecule has 2 fully saturated rings. The first kappa shape index (κ1) is 11.9. The van der Waals surface area contributed by atoms with Crippen molar-refractivity contribution in [2.45, 2.75) is 32.1 Å². The molecule has 92 valence electrons. The zero-order chi connectivity index (χ0) is 11.4. The van der Waals surface area contributed by atoms with Crippen molar-refractivity contribution in [1.29, 1.82) is 0 Å². The number of carbonyl (C=O) groups is 1. The molecule has 1 amide bonds. The highest BCUT2D eigenvalue weighted by Crippen LogP contribution is 2.39. The lowest BCUT2D eigenvalue weighted by Crippen LogP contribution is -2.50. The predicted molar refractivity (Wildman–Crippen MR) is 61.9 cm³/mol. The lowest BCUT2D eigenvalue weighted by atomic mass is 9.68. The Balaban J connectivity index is 1.55. The van der Waals surface area contributed by atoms with E-state index in [0.717, 1.165) is 31.8 Å². The summed E-state index contributed by atoms with van der Waals surface area (Å²) in [6.07, 6.45) is 5.63. The van der Waals surface area contributed by atoms with Gasteiger partial charge in [-0.3, -0.25) is 4.79 Å². The van der Waals surface area contributed by atoms with Gasteiger partial charge in [0.1, 0.15) is 0 Å². The number of hydrogen-bond acceptors (Lipinski definition) is 3. The summed E-state index contributed by atoms with van der Waals surface area (Å²) < 4.78 is 5.46. The number of rotatable bonds is 7. The van der Waals surface area contributed by atoms with Gasteiger partial charge in [0.25, 0.3) is 0 Å². The van der Waals surface area contributed by atoms with Crippen LogP contribution in [0.3, 0.4) is 0 Å². The Bertz CT molecular complexity index is 242. The minimum Gasteiger partial charge on any atom is -0.379 e. The fourth-order valence-electron chi connectivity index (χ4n) is 2.09. The molecule has 0 aliphatic heterocycles. The number of amides is 1. The summed E-state index contributed by atoms with van der Waals surface area (Å²) in [7, 11) is 0. The number of nitrogens with one attached hydrogen (secondary N) is 1. The molecule has 0 aromatic rings. The Hall–Kier alpha value is -0.610. The van der Waals surface area contributed by atoms with Crippen molar-refractivity contribution in [2.24, 2.45) is 17.1 Å². The van der Waals surface area contributed by atoms with Crippen LogP contribution in [0.25, 0.3) is 0 Å². The van der Waals surface area contributed by atoms with Crippen LogP contribution < -0.4 is 11.1 Å². The van der Waals surface area contributed by atoms with Crippen LogP contribution in [-0.2, 0) is 9.53 Å². The second-order valence-corrected chi connectivity index (χ2v) is 5.11. The molecule has 16 heavy (non-hydrogen) atoms. The number of nitrogens with two attached hydrogens (primary N) is 1. The molecule has 0 unspecified atom stereocenters. The van der Waals surface area contributed by atoms with Crippen LogP contribution in [-0.4, -0.2) is 32.2 Å². The predicted octanol–water partition coefficient (Wildman–Crippen LogP) is 0.658. The van der Waals surface area contributed by atoms with Crippen molar-refractivity contribution >= 4 is 5.91 Å². The maximum absolute atomic E-state index is 11.8. The Morgan fingerprint density at radius 2 is 2.19 bits per heavy atom. The van der Waals surface area contributed by atoms with Gasteiger partial charge in [-0.25, -0.2) is 0 Å². The van der Waals surface area contributed by atoms with E-state index in [4.69, 9.17) is 10.5 Å². The van der Waals surface area contributed by atoms with E-state index in [1.54, 1.807) is 0 Å². The van der Waals surface area contributed by atoms with Crippen LogP contribution >= 0.6 is 0 Å². The fourth-order valence-corrected chi connectivity index (χ4v) is 2.09. The monoisotopic (exact) mass is 226 g/mol. The summed E-state index contributed by atoms with van der Waals surface area (Å²) in [4.78, 5) is 11.8. The lowest BCUT2D eigenvalue weighted by molar-refractivity contribution is -0.135. The standard InChI is InChI=1S/C12H22N2O2/c13-9-12(4-1-5-12)11(15)14-6-7-16-8-10-2-3-10/h10H,1-9,13H2,(H,14,15). The quantitative estimate of drug-likeness (QED) is 0.627. The minimum atomic E-state index is -0.253. The van der Waals surface area contributed by atoms with E-state index in [9.17, 15) is 4.79 Å². The summed E-state index contributed by atoms with van der Waals surface area (Å²) in [6.45, 7) is 2.58. The Morgan fingerprint density at radius 1 is 1.44 bits per heavy atom. The first-order valence-electron chi connectivity index (χ1n) is 6.33. The third kappa shape index (κ3) is 2.74. The normalized spacial score (nSPS) is 22.6. The third-order valence-corrected chi connectivity index (χ3v) is 3.77. The molecule has 0 radical (unpaired) electrons. The molecule has 0 atom stereocenters. The zero-order valence-electron chi connectivity index (χ0n) is 9.84. The molecule has 2 aliphatic carbocycles. The van der Waals surface area contributed by atoms with E-state index >= 15 is 0 Å². The fraction of sp³-hybridized carbons (Fsp3) is 0.917. The molecule has 0 aromatic heterocycles. The van der Waals surface area contributed by atoms with Crippen molar-refractivity contribution in [2.75, 3.05) is 26.3 Å². The van der Waals surface area contributed by atoms with Crippen LogP contribution in [0.2, 0.25) is 0 Å². The van der Waals surface area contributed by atoms with Crippen molar-refractivity contribution in [1.82, 2.24) is 5.32 Å². The second-order valence-electron chi connectivity index (χ2n) is 5.11. The average Bonchev–Trinajstić information content (AvgIpc) is 3.00. The molecule has 0 heterocycles. The smallest absolute Gasteiger partial charge is 0.227 e. The van der Waals surface area contributed by atoms with Crippen LogP contribution in [0.15, 0.2) is 0 Å². The van der Waals surface area contributed by atoms with E-state index in [2.05, 4.69) is 5.32 Å². The van der Waals surface area contributed by atoms with Gasteiger partial charge in [-0.05, 0) is 31.6 Å². The highest BCUT2D eigenvalue weighted by molar-refractivity contribution is 5.83. The molecular weight excluding hydrogens is 204 g/mol. The van der Waals surface area contributed by atoms with Crippen molar-refractivity contribution in [3.63, 3.8) is 0 Å². The van der Waals surface area contributed by atoms with E-state index in [1.165, 1.54) is 12.8 Å². The zero-order valence-corrected chi connectivity index (χ0v) is 9.84. The number of carbonyl (C=O) groups excluding carboxylic acids is 1. The lowest BCUT2D eigenvalue weighted by Gasteiger charge is -2.39. The van der Waals surface area contributed by atoms with Crippen molar-refractivity contribution in [3.05, 3.63) is 0 Å². The number of hydrogen-bond donors (Lipinski definition) is 2. The van der Waals surface area contributed by atoms with Gasteiger partial charge >= 0.3 is 0 Å². The molecule has 0 bridgehead atoms. The van der Waals surface area contributed by atoms with Gasteiger partial charge in [0.05, 0.1) is 12.0 Å². The average molecular weight is 226 g/mol. The first-order chi connectivity index (χ1) is 7.77. The molecule has 0 aromatic carbocycles. The summed E-state index contributed by atoms with van der Waals surface area (Å²) in [5.41, 5.74) is 5.40. The Kier molecular flexibility index (Phi) is 3.82. The minimum absolute atomic E-state index is 0.122. The van der Waals surface area contributed by atoms with Crippen LogP contribution in [0, 0.1) is 11.3 Å². The van der Waals surface area contributed by atoms with Gasteiger partial charge in [0.15, 0.2) is 0 Å². The highest BCUT2D eigenvalue weighted by Gasteiger charge is 2.42. The molecule has 3 N–H and O–H groups in total. The van der Waals surface area contributed by atoms with E-state index in [0.29, 0.717) is 19.7 Å². The van der Waals surface area contributed by atoms with Crippen LogP contribution in [0.4, 0.5) is 0 Å². The van der Waals surface area contributed by atoms with Crippen LogP contribution in [0.1, 0.15) is 32.1 Å². The van der Waals surface area contributed by atoms with E-state index in [-0.39, 0.29) is 11.3 Å². The molecule has 4 heteroatoms. The molecule has 0 spiro atoms. The van der Waals surface area contributed by atoms with Gasteiger partial charge in [0, 0.05) is 19.7 Å². The summed E-state index contributed by atoms with van der Waals surface area (Å²) in [5.74, 6) is 0.911. The SMILES string of the molecule is NCC1(C(=O)NCCOCC2CC2)CCC1. The van der Waals surface area contributed by atoms with Crippen molar-refractivity contribution < 1.29 is 9.53 Å². The third-order valence-electron chi connectivity index (χ3n) is 3.77. The topological polar surface area (TPSA) is 64.4 Å². The maximum atomic E-state index is 11.8. The van der Waals surface area contributed by atoms with E-state index in [1.807, 2.05) is 0 Å². The summed E-state index contributed by atoms with van der Waals surface area (Å²) in [6, 6.07) is 0. The van der Waals surface area contributed by atoms with Crippen molar-refractivity contribution in [3.8, 4) is 0 Å². The molecular formula is C12H22N2O2. The summed E-state index contributed by atoms with van der Waals surface area (Å²) >= 11 is 0. The van der Waals surface area contributed by atoms with Gasteiger partial charge < -0.3 is 15.8 Å². The maximum Gasteiger partial charge on any atom is 0.227 e. The Morgan fingerprint density at radius 3 is 2.69 bits per heavy atom. The van der Waals surface area contributed by atoms with Gasteiger partial charge in [-0.1, -0.05) is 6.42 Å². The van der Waals surface area contributed by atoms with E-state index < -0.39 is 0 Å². The van der Waals surface area contributed by atoms with Crippen LogP contribution in [0.5, 0.6) is 0 Å². The van der Waals surface area contributed by atoms with Gasteiger partial charge in [0.2, 0.25) is 5.91 Å². The Labute approximate surface area is 96.9 Å². The van der Waals surface area contributed by atoms with Gasteiger partial charge in [-0.15, -0.1) is 0 Å². The molecule has 0 saturated heterocycles. The molecule has 2 saturated carbocycles. The molecule has 4 nitrogen and oxygen atoms in total. The second kappa shape index (κ2) is 5.15.